The molecule has 1 atom stereocenters. The fourth-order valence-electron chi connectivity index (χ4n) is 2.31. The molecule has 2 heterocycles. The molecule has 0 spiro atoms. The third kappa shape index (κ3) is 3.01. The lowest BCUT2D eigenvalue weighted by atomic mass is 10.2. The summed E-state index contributed by atoms with van der Waals surface area (Å²) in [6.07, 6.45) is 3.35. The minimum absolute atomic E-state index is 0.431. The lowest BCUT2D eigenvalue weighted by Crippen LogP contribution is -2.16. The Hall–Kier alpha value is -2.71. The second-order valence-corrected chi connectivity index (χ2v) is 6.98. The maximum atomic E-state index is 12.0. The number of fused-ring (bicyclic) bond motifs is 1. The zero-order chi connectivity index (χ0) is 17.2. The molecule has 1 aromatic carbocycles. The number of nitrogens with zero attached hydrogens (tertiary/aromatic N) is 2. The molecule has 3 N–H and O–H groups in total. The molecule has 24 heavy (non-hydrogen) atoms. The Kier molecular flexibility index (Phi) is 4.32. The third-order valence-corrected chi connectivity index (χ3v) is 5.08. The maximum Gasteiger partial charge on any atom is 0.240 e. The second kappa shape index (κ2) is 6.42. The van der Waals surface area contributed by atoms with E-state index in [1.807, 2.05) is 12.1 Å². The van der Waals surface area contributed by atoms with Gasteiger partial charge in [-0.05, 0) is 43.4 Å². The van der Waals surface area contributed by atoms with Crippen LogP contribution >= 0.6 is 0 Å². The van der Waals surface area contributed by atoms with Crippen molar-refractivity contribution in [3.63, 3.8) is 0 Å². The Morgan fingerprint density at radius 1 is 1.08 bits per heavy atom. The molecule has 0 aliphatic rings. The van der Waals surface area contributed by atoms with E-state index in [9.17, 15) is 4.21 Å². The van der Waals surface area contributed by atoms with Gasteiger partial charge in [-0.25, -0.2) is 18.7 Å². The van der Waals surface area contributed by atoms with Crippen LogP contribution in [0.5, 0.6) is 5.88 Å². The van der Waals surface area contributed by atoms with Crippen molar-refractivity contribution in [3.05, 3.63) is 48.8 Å². The van der Waals surface area contributed by atoms with Crippen LogP contribution in [-0.2, 0) is 9.92 Å². The van der Waals surface area contributed by atoms with Gasteiger partial charge in [0.15, 0.2) is 0 Å². The maximum absolute atomic E-state index is 12.0. The van der Waals surface area contributed by atoms with E-state index in [2.05, 4.69) is 20.0 Å². The minimum atomic E-state index is -2.94. The summed E-state index contributed by atoms with van der Waals surface area (Å²) in [6, 6.07) is 10.6. The van der Waals surface area contributed by atoms with E-state index in [4.69, 9.17) is 9.52 Å². The molecule has 0 saturated carbocycles. The normalized spacial score (nSPS) is 13.4. The molecular formula is C16H17N5O2S. The number of benzene rings is 1. The van der Waals surface area contributed by atoms with Gasteiger partial charge in [-0.2, -0.15) is 0 Å². The Bertz CT molecular complexity index is 971. The molecule has 8 heteroatoms. The average molecular weight is 343 g/mol. The van der Waals surface area contributed by atoms with E-state index in [0.717, 1.165) is 16.8 Å². The number of hydrogen-bond donors (Lipinski definition) is 3. The Morgan fingerprint density at radius 3 is 2.46 bits per heavy atom. The molecule has 1 unspecified atom stereocenters. The molecule has 0 saturated heterocycles. The molecule has 0 bridgehead atoms. The van der Waals surface area contributed by atoms with E-state index >= 15 is 0 Å². The molecule has 2 aromatic heterocycles. The van der Waals surface area contributed by atoms with Crippen LogP contribution in [0.1, 0.15) is 0 Å². The third-order valence-electron chi connectivity index (χ3n) is 3.57. The predicted octanol–water partition coefficient (Wildman–Crippen LogP) is 2.92. The van der Waals surface area contributed by atoms with Crippen LogP contribution < -0.4 is 14.8 Å². The summed E-state index contributed by atoms with van der Waals surface area (Å²) in [4.78, 5) is 8.89. The predicted molar refractivity (Wildman–Crippen MR) is 94.0 cm³/mol. The van der Waals surface area contributed by atoms with Crippen molar-refractivity contribution < 1.29 is 8.95 Å². The minimum Gasteiger partial charge on any atom is -0.479 e. The molecule has 0 amide bonds. The van der Waals surface area contributed by atoms with E-state index in [1.54, 1.807) is 43.8 Å². The first kappa shape index (κ1) is 16.2. The number of ether oxygens (including phenoxy) is 1. The van der Waals surface area contributed by atoms with Crippen LogP contribution in [0.15, 0.2) is 53.7 Å². The highest BCUT2D eigenvalue weighted by Gasteiger charge is 2.09. The van der Waals surface area contributed by atoms with Crippen molar-refractivity contribution in [1.29, 1.82) is 4.78 Å². The average Bonchev–Trinajstić information content (AvgIpc) is 2.62. The topological polar surface area (TPSA) is 100.0 Å². The van der Waals surface area contributed by atoms with Crippen molar-refractivity contribution in [2.45, 2.75) is 4.90 Å². The van der Waals surface area contributed by atoms with Gasteiger partial charge in [-0.3, -0.25) is 4.98 Å². The number of pyridine rings is 2. The van der Waals surface area contributed by atoms with Crippen LogP contribution in [-0.4, -0.2) is 28.3 Å². The number of anilines is 2. The van der Waals surface area contributed by atoms with E-state index < -0.39 is 9.92 Å². The Morgan fingerprint density at radius 2 is 1.79 bits per heavy atom. The summed E-state index contributed by atoms with van der Waals surface area (Å²) in [5.41, 5.74) is 2.34. The number of methoxy groups -OCH3 is 1. The number of aromatic nitrogens is 2. The molecule has 0 fully saturated rings. The fraction of sp³-hybridized carbons (Fsp3) is 0.125. The lowest BCUT2D eigenvalue weighted by Gasteiger charge is -2.12. The summed E-state index contributed by atoms with van der Waals surface area (Å²) in [5.74, 6) is 0.467. The highest BCUT2D eigenvalue weighted by molar-refractivity contribution is 7.90. The first-order valence-electron chi connectivity index (χ1n) is 7.17. The van der Waals surface area contributed by atoms with Gasteiger partial charge in [-0.15, -0.1) is 0 Å². The number of hydrogen-bond acceptors (Lipinski definition) is 6. The highest BCUT2D eigenvalue weighted by atomic mass is 32.2. The number of rotatable bonds is 5. The SMILES string of the molecule is CNS(=N)(=O)c1ccc(Nc2ccnc3c(OC)nccc23)cc1. The van der Waals surface area contributed by atoms with Gasteiger partial charge in [0.05, 0.1) is 12.0 Å². The van der Waals surface area contributed by atoms with E-state index in [-0.39, 0.29) is 0 Å². The van der Waals surface area contributed by atoms with Gasteiger partial charge >= 0.3 is 0 Å². The molecule has 124 valence electrons. The molecule has 0 aliphatic carbocycles. The van der Waals surface area contributed by atoms with Crippen LogP contribution in [0.2, 0.25) is 0 Å². The van der Waals surface area contributed by atoms with E-state index in [0.29, 0.717) is 16.3 Å². The van der Waals surface area contributed by atoms with Crippen molar-refractivity contribution >= 4 is 32.2 Å². The standard InChI is InChI=1S/C16H17N5O2S/c1-18-24(17,22)12-5-3-11(4-6-12)21-14-8-10-19-15-13(14)7-9-20-16(15)23-2/h3-10H,1-2H3,(H,19,21)(H2,17,18,22). The van der Waals surface area contributed by atoms with Crippen LogP contribution in [0.4, 0.5) is 11.4 Å². The van der Waals surface area contributed by atoms with Gasteiger partial charge in [0.25, 0.3) is 0 Å². The Balaban J connectivity index is 1.96. The Labute approximate surface area is 140 Å². The fourth-order valence-corrected chi connectivity index (χ4v) is 3.07. The summed E-state index contributed by atoms with van der Waals surface area (Å²) in [7, 11) is 0.120. The smallest absolute Gasteiger partial charge is 0.240 e. The summed E-state index contributed by atoms with van der Waals surface area (Å²) in [5, 5.41) is 4.18. The van der Waals surface area contributed by atoms with E-state index in [1.165, 1.54) is 7.05 Å². The van der Waals surface area contributed by atoms with Crippen molar-refractivity contribution in [2.24, 2.45) is 0 Å². The highest BCUT2D eigenvalue weighted by Crippen LogP contribution is 2.29. The lowest BCUT2D eigenvalue weighted by molar-refractivity contribution is 0.402. The van der Waals surface area contributed by atoms with Crippen molar-refractivity contribution in [1.82, 2.24) is 14.7 Å². The molecule has 0 radical (unpaired) electrons. The first-order chi connectivity index (χ1) is 11.5. The van der Waals surface area contributed by atoms with Crippen LogP contribution in [0.25, 0.3) is 10.9 Å². The van der Waals surface area contributed by atoms with Crippen LogP contribution in [0.3, 0.4) is 0 Å². The quantitative estimate of drug-likeness (QED) is 0.661. The summed E-state index contributed by atoms with van der Waals surface area (Å²) < 4.78 is 27.5. The first-order valence-corrected chi connectivity index (χ1v) is 8.73. The molecule has 3 rings (SSSR count). The monoisotopic (exact) mass is 343 g/mol. The zero-order valence-electron chi connectivity index (χ0n) is 13.2. The van der Waals surface area contributed by atoms with Gasteiger partial charge in [0, 0.05) is 29.2 Å². The zero-order valence-corrected chi connectivity index (χ0v) is 14.1. The van der Waals surface area contributed by atoms with Gasteiger partial charge in [0.1, 0.15) is 15.4 Å². The second-order valence-electron chi connectivity index (χ2n) is 4.98. The molecular weight excluding hydrogens is 326 g/mol. The van der Waals surface area contributed by atoms with Gasteiger partial charge in [0.2, 0.25) is 5.88 Å². The van der Waals surface area contributed by atoms with Gasteiger partial charge < -0.3 is 10.1 Å². The number of nitrogens with one attached hydrogen (secondary N) is 3. The molecule has 7 nitrogen and oxygen atoms in total. The van der Waals surface area contributed by atoms with Gasteiger partial charge in [-0.1, -0.05) is 0 Å². The molecule has 0 aliphatic heterocycles. The van der Waals surface area contributed by atoms with Crippen LogP contribution in [0, 0.1) is 4.78 Å². The van der Waals surface area contributed by atoms with Crippen molar-refractivity contribution in [3.8, 4) is 5.88 Å². The van der Waals surface area contributed by atoms with Crippen molar-refractivity contribution in [2.75, 3.05) is 19.5 Å². The largest absolute Gasteiger partial charge is 0.479 e. The molecule has 3 aromatic rings. The summed E-state index contributed by atoms with van der Waals surface area (Å²) in [6.45, 7) is 0. The summed E-state index contributed by atoms with van der Waals surface area (Å²) >= 11 is 0.